The number of hydrogen-bond donors (Lipinski definition) is 3. The van der Waals surface area contributed by atoms with E-state index in [4.69, 9.17) is 0 Å². The summed E-state index contributed by atoms with van der Waals surface area (Å²) < 4.78 is 12.1. The van der Waals surface area contributed by atoms with E-state index in [1.807, 2.05) is 27.2 Å². The molecule has 0 amide bonds. The van der Waals surface area contributed by atoms with Crippen molar-refractivity contribution in [1.29, 1.82) is 0 Å². The van der Waals surface area contributed by atoms with Gasteiger partial charge < -0.3 is 19.4 Å². The van der Waals surface area contributed by atoms with Gasteiger partial charge in [-0.25, -0.2) is 0 Å². The van der Waals surface area contributed by atoms with Gasteiger partial charge >= 0.3 is 7.60 Å². The Morgan fingerprint density at radius 2 is 1.03 bits per heavy atom. The Balaban J connectivity index is 3.59. The Bertz CT molecular complexity index is 527. The SMILES string of the molecule is CCCCCCCCCCCCCCCCCC/C=C\CCC(O)(C[N+](C)(C)C)P(=O)(O)O. The maximum atomic E-state index is 11.8. The highest BCUT2D eigenvalue weighted by Gasteiger charge is 2.48. The highest BCUT2D eigenvalue weighted by Crippen LogP contribution is 2.52. The molecule has 0 saturated heterocycles. The molecular formula is C27H57NO4P+. The number of allylic oxidation sites excluding steroid dienone is 2. The van der Waals surface area contributed by atoms with Gasteiger partial charge in [0, 0.05) is 0 Å². The van der Waals surface area contributed by atoms with Crippen molar-refractivity contribution in [3.05, 3.63) is 12.2 Å². The normalized spacial score (nSPS) is 14.8. The van der Waals surface area contributed by atoms with Crippen molar-refractivity contribution in [3.8, 4) is 0 Å². The van der Waals surface area contributed by atoms with Crippen LogP contribution in [0.25, 0.3) is 0 Å². The molecule has 0 rings (SSSR count). The maximum absolute atomic E-state index is 11.8. The third-order valence-corrected chi connectivity index (χ3v) is 7.82. The molecule has 0 fully saturated rings. The van der Waals surface area contributed by atoms with Gasteiger partial charge in [-0.1, -0.05) is 115 Å². The first-order valence-electron chi connectivity index (χ1n) is 13.8. The molecule has 33 heavy (non-hydrogen) atoms. The molecular weight excluding hydrogens is 433 g/mol. The molecule has 5 nitrogen and oxygen atoms in total. The van der Waals surface area contributed by atoms with Crippen LogP contribution in [0.3, 0.4) is 0 Å². The lowest BCUT2D eigenvalue weighted by Gasteiger charge is -2.35. The van der Waals surface area contributed by atoms with Crippen molar-refractivity contribution in [3.63, 3.8) is 0 Å². The lowest BCUT2D eigenvalue weighted by atomic mass is 10.0. The molecule has 1 unspecified atom stereocenters. The third-order valence-electron chi connectivity index (χ3n) is 6.37. The Labute approximate surface area is 205 Å². The van der Waals surface area contributed by atoms with Crippen LogP contribution in [0.4, 0.5) is 0 Å². The predicted octanol–water partition coefficient (Wildman–Crippen LogP) is 7.55. The summed E-state index contributed by atoms with van der Waals surface area (Å²) in [6.45, 7) is 2.31. The molecule has 0 aliphatic carbocycles. The molecule has 0 aliphatic heterocycles. The number of aliphatic hydroxyl groups is 1. The van der Waals surface area contributed by atoms with Crippen molar-refractivity contribution < 1.29 is 23.9 Å². The number of hydrogen-bond acceptors (Lipinski definition) is 2. The zero-order chi connectivity index (χ0) is 25.1. The first kappa shape index (κ1) is 32.8. The fraction of sp³-hybridized carbons (Fsp3) is 0.926. The van der Waals surface area contributed by atoms with E-state index >= 15 is 0 Å². The second-order valence-electron chi connectivity index (χ2n) is 11.1. The second-order valence-corrected chi connectivity index (χ2v) is 13.0. The van der Waals surface area contributed by atoms with Gasteiger partial charge in [0.25, 0.3) is 0 Å². The van der Waals surface area contributed by atoms with E-state index in [0.29, 0.717) is 10.9 Å². The van der Waals surface area contributed by atoms with Crippen molar-refractivity contribution in [1.82, 2.24) is 0 Å². The lowest BCUT2D eigenvalue weighted by molar-refractivity contribution is -0.875. The molecule has 0 saturated carbocycles. The molecule has 0 spiro atoms. The van der Waals surface area contributed by atoms with Gasteiger partial charge in [-0.3, -0.25) is 4.57 Å². The highest BCUT2D eigenvalue weighted by molar-refractivity contribution is 7.53. The molecule has 0 aromatic rings. The minimum atomic E-state index is -4.57. The van der Waals surface area contributed by atoms with Gasteiger partial charge in [0.05, 0.1) is 21.1 Å². The number of rotatable bonds is 23. The van der Waals surface area contributed by atoms with Crippen molar-refractivity contribution >= 4 is 7.60 Å². The largest absolute Gasteiger partial charge is 0.373 e. The second kappa shape index (κ2) is 19.1. The average Bonchev–Trinajstić information content (AvgIpc) is 2.70. The van der Waals surface area contributed by atoms with Crippen LogP contribution in [0.15, 0.2) is 12.2 Å². The van der Waals surface area contributed by atoms with Crippen LogP contribution in [-0.4, -0.2) is 52.4 Å². The van der Waals surface area contributed by atoms with Crippen LogP contribution < -0.4 is 0 Å². The van der Waals surface area contributed by atoms with E-state index in [1.165, 1.54) is 96.3 Å². The zero-order valence-corrected chi connectivity index (χ0v) is 23.3. The van der Waals surface area contributed by atoms with Gasteiger partial charge in [-0.05, 0) is 25.7 Å². The summed E-state index contributed by atoms with van der Waals surface area (Å²) in [6.07, 6.45) is 27.5. The fourth-order valence-electron chi connectivity index (χ4n) is 4.44. The number of quaternary nitrogens is 1. The molecule has 0 aromatic carbocycles. The van der Waals surface area contributed by atoms with Crippen LogP contribution in [0.2, 0.25) is 0 Å². The monoisotopic (exact) mass is 490 g/mol. The van der Waals surface area contributed by atoms with E-state index in [2.05, 4.69) is 13.0 Å². The van der Waals surface area contributed by atoms with Crippen LogP contribution >= 0.6 is 7.60 Å². The van der Waals surface area contributed by atoms with E-state index < -0.39 is 12.9 Å². The zero-order valence-electron chi connectivity index (χ0n) is 22.4. The van der Waals surface area contributed by atoms with Gasteiger partial charge in [0.1, 0.15) is 6.54 Å². The standard InChI is InChI=1S/C27H56NO4P/c1-5-6-7-8-9-10-11-12-13-14-15-16-17-18-19-20-21-22-23-24-25-27(29,33(30,31)32)26-28(2,3)4/h22-23,29H,5-21,24-26H2,1-4H3,(H-,30,31,32)/p+1/b23-22-. The molecule has 3 N–H and O–H groups in total. The molecule has 0 radical (unpaired) electrons. The predicted molar refractivity (Wildman–Crippen MR) is 142 cm³/mol. The Morgan fingerprint density at radius 3 is 1.39 bits per heavy atom. The summed E-state index contributed by atoms with van der Waals surface area (Å²) in [5.41, 5.74) is 0. The quantitative estimate of drug-likeness (QED) is 0.0598. The van der Waals surface area contributed by atoms with Crippen LogP contribution in [0.1, 0.15) is 129 Å². The van der Waals surface area contributed by atoms with Gasteiger partial charge in [0.15, 0.2) is 0 Å². The van der Waals surface area contributed by atoms with E-state index in [9.17, 15) is 19.5 Å². The van der Waals surface area contributed by atoms with Crippen molar-refractivity contribution in [2.45, 2.75) is 134 Å². The van der Waals surface area contributed by atoms with Gasteiger partial charge in [-0.15, -0.1) is 0 Å². The molecule has 6 heteroatoms. The lowest BCUT2D eigenvalue weighted by Crippen LogP contribution is -2.49. The van der Waals surface area contributed by atoms with Gasteiger partial charge in [0.2, 0.25) is 5.34 Å². The molecule has 1 atom stereocenters. The van der Waals surface area contributed by atoms with Crippen LogP contribution in [-0.2, 0) is 4.57 Å². The Kier molecular flexibility index (Phi) is 18.9. The minimum Gasteiger partial charge on any atom is -0.373 e. The first-order valence-corrected chi connectivity index (χ1v) is 15.4. The van der Waals surface area contributed by atoms with E-state index in [1.54, 1.807) is 0 Å². The number of unbranched alkanes of at least 4 members (excludes halogenated alkanes) is 16. The number of nitrogens with zero attached hydrogens (tertiary/aromatic N) is 1. The first-order chi connectivity index (χ1) is 15.5. The summed E-state index contributed by atoms with van der Waals surface area (Å²) in [4.78, 5) is 19.2. The van der Waals surface area contributed by atoms with E-state index in [0.717, 1.165) is 12.8 Å². The smallest absolute Gasteiger partial charge is 0.362 e. The van der Waals surface area contributed by atoms with Crippen molar-refractivity contribution in [2.75, 3.05) is 27.7 Å². The summed E-state index contributed by atoms with van der Waals surface area (Å²) in [5.74, 6) is 0. The Hall–Kier alpha value is -0.190. The molecule has 0 aromatic heterocycles. The van der Waals surface area contributed by atoms with Crippen molar-refractivity contribution in [2.24, 2.45) is 0 Å². The summed E-state index contributed by atoms with van der Waals surface area (Å²) in [6, 6.07) is 0. The Morgan fingerprint density at radius 1 is 0.667 bits per heavy atom. The van der Waals surface area contributed by atoms with Crippen LogP contribution in [0.5, 0.6) is 0 Å². The summed E-state index contributed by atoms with van der Waals surface area (Å²) >= 11 is 0. The molecule has 0 bridgehead atoms. The van der Waals surface area contributed by atoms with E-state index in [-0.39, 0.29) is 13.0 Å². The topological polar surface area (TPSA) is 77.8 Å². The average molecular weight is 491 g/mol. The van der Waals surface area contributed by atoms with Crippen LogP contribution in [0, 0.1) is 0 Å². The summed E-state index contributed by atoms with van der Waals surface area (Å²) in [7, 11) is 0.908. The third kappa shape index (κ3) is 19.8. The molecule has 0 heterocycles. The minimum absolute atomic E-state index is 0.0320. The summed E-state index contributed by atoms with van der Waals surface area (Å²) in [5, 5.41) is 8.57. The molecule has 198 valence electrons. The highest BCUT2D eigenvalue weighted by atomic mass is 31.2. The maximum Gasteiger partial charge on any atom is 0.362 e. The molecule has 0 aliphatic rings. The number of likely N-dealkylation sites (N-methyl/N-ethyl adjacent to an activating group) is 1. The fourth-order valence-corrected chi connectivity index (χ4v) is 5.47. The van der Waals surface area contributed by atoms with Gasteiger partial charge in [-0.2, -0.15) is 0 Å².